The van der Waals surface area contributed by atoms with E-state index in [0.717, 1.165) is 18.3 Å². The lowest BCUT2D eigenvalue weighted by Crippen LogP contribution is -2.53. The van der Waals surface area contributed by atoms with Crippen molar-refractivity contribution in [1.29, 1.82) is 10.7 Å². The molecule has 3 N–H and O–H groups in total. The second-order valence-corrected chi connectivity index (χ2v) is 8.38. The van der Waals surface area contributed by atoms with Crippen molar-refractivity contribution < 1.29 is 18.4 Å². The van der Waals surface area contributed by atoms with E-state index in [-0.39, 0.29) is 29.3 Å². The number of hydrogen-bond donors (Lipinski definition) is 3. The summed E-state index contributed by atoms with van der Waals surface area (Å²) in [4.78, 5) is 28.5. The highest BCUT2D eigenvalue weighted by Crippen LogP contribution is 2.38. The molecule has 1 heterocycles. The van der Waals surface area contributed by atoms with Crippen molar-refractivity contribution in [2.75, 3.05) is 18.9 Å². The molecule has 2 atom stereocenters. The molecule has 0 bridgehead atoms. The van der Waals surface area contributed by atoms with E-state index in [1.54, 1.807) is 19.3 Å². The fraction of sp³-hybridized carbons (Fsp3) is 0.280. The topological polar surface area (TPSA) is 109 Å². The standard InChI is InChI=1S/C25H25F2N5O2/c1-14(2)13-32-23(16(11-29)12-30-3)22(19-6-4-17(26)9-20(19)25(32)34)24(33)31-18-5-7-21(27)15(8-18)10-28/h4-9,11-12,14,22-23,29-30H,13H2,1-3H3,(H,31,33)/b16-12+,29-11?/t22-,23+/m1/s1. The maximum Gasteiger partial charge on any atom is 0.254 e. The van der Waals surface area contributed by atoms with E-state index in [9.17, 15) is 18.4 Å². The van der Waals surface area contributed by atoms with Gasteiger partial charge in [-0.05, 0) is 41.8 Å². The summed E-state index contributed by atoms with van der Waals surface area (Å²) >= 11 is 0. The monoisotopic (exact) mass is 465 g/mol. The number of hydrogen-bond acceptors (Lipinski definition) is 5. The first-order chi connectivity index (χ1) is 16.2. The molecule has 0 saturated carbocycles. The van der Waals surface area contributed by atoms with Gasteiger partial charge in [-0.2, -0.15) is 5.26 Å². The summed E-state index contributed by atoms with van der Waals surface area (Å²) < 4.78 is 27.9. The van der Waals surface area contributed by atoms with E-state index in [4.69, 9.17) is 10.7 Å². The van der Waals surface area contributed by atoms with Gasteiger partial charge in [-0.25, -0.2) is 8.78 Å². The average Bonchev–Trinajstić information content (AvgIpc) is 2.80. The molecule has 0 radical (unpaired) electrons. The Kier molecular flexibility index (Phi) is 7.41. The highest BCUT2D eigenvalue weighted by atomic mass is 19.1. The number of carbonyl (C=O) groups is 2. The van der Waals surface area contributed by atoms with Crippen LogP contribution in [0.4, 0.5) is 14.5 Å². The van der Waals surface area contributed by atoms with Crippen LogP contribution < -0.4 is 10.6 Å². The largest absolute Gasteiger partial charge is 0.394 e. The normalized spacial score (nSPS) is 17.7. The average molecular weight is 466 g/mol. The number of fused-ring (bicyclic) bond motifs is 1. The first kappa shape index (κ1) is 24.6. The van der Waals surface area contributed by atoms with Crippen LogP contribution >= 0.6 is 0 Å². The smallest absolute Gasteiger partial charge is 0.254 e. The van der Waals surface area contributed by atoms with Crippen molar-refractivity contribution in [3.63, 3.8) is 0 Å². The maximum atomic E-state index is 14.1. The number of anilines is 1. The fourth-order valence-electron chi connectivity index (χ4n) is 4.15. The molecular weight excluding hydrogens is 440 g/mol. The van der Waals surface area contributed by atoms with Crippen LogP contribution in [-0.2, 0) is 4.79 Å². The molecule has 34 heavy (non-hydrogen) atoms. The van der Waals surface area contributed by atoms with Gasteiger partial charge in [0.2, 0.25) is 5.91 Å². The minimum Gasteiger partial charge on any atom is -0.394 e. The first-order valence-corrected chi connectivity index (χ1v) is 10.7. The molecule has 2 aromatic carbocycles. The van der Waals surface area contributed by atoms with Crippen LogP contribution in [0.25, 0.3) is 0 Å². The van der Waals surface area contributed by atoms with Gasteiger partial charge >= 0.3 is 0 Å². The summed E-state index contributed by atoms with van der Waals surface area (Å²) in [6, 6.07) is 8.19. The van der Waals surface area contributed by atoms with Gasteiger partial charge in [0.05, 0.1) is 17.5 Å². The molecule has 2 aromatic rings. The SMILES string of the molecule is CN/C=C(\C=N)[C@H]1[C@H](C(=O)Nc2ccc(F)c(C#N)c2)c2ccc(F)cc2C(=O)N1CC(C)C. The van der Waals surface area contributed by atoms with E-state index in [2.05, 4.69) is 10.6 Å². The third-order valence-corrected chi connectivity index (χ3v) is 5.51. The minimum absolute atomic E-state index is 0.0297. The van der Waals surface area contributed by atoms with Crippen LogP contribution in [0.5, 0.6) is 0 Å². The van der Waals surface area contributed by atoms with Crippen molar-refractivity contribution in [2.45, 2.75) is 25.8 Å². The Morgan fingerprint density at radius 1 is 1.26 bits per heavy atom. The number of amides is 2. The lowest BCUT2D eigenvalue weighted by molar-refractivity contribution is -0.118. The van der Waals surface area contributed by atoms with Crippen molar-refractivity contribution in [3.8, 4) is 6.07 Å². The third-order valence-electron chi connectivity index (χ3n) is 5.51. The second kappa shape index (κ2) is 10.3. The van der Waals surface area contributed by atoms with Gasteiger partial charge in [0.25, 0.3) is 5.91 Å². The summed E-state index contributed by atoms with van der Waals surface area (Å²) in [7, 11) is 1.64. The van der Waals surface area contributed by atoms with Gasteiger partial charge in [-0.1, -0.05) is 19.9 Å². The number of benzene rings is 2. The lowest BCUT2D eigenvalue weighted by Gasteiger charge is -2.42. The van der Waals surface area contributed by atoms with E-state index in [0.29, 0.717) is 11.1 Å². The van der Waals surface area contributed by atoms with Gasteiger partial charge < -0.3 is 20.9 Å². The summed E-state index contributed by atoms with van der Waals surface area (Å²) in [6.07, 6.45) is 2.61. The van der Waals surface area contributed by atoms with Gasteiger partial charge in [-0.15, -0.1) is 0 Å². The molecule has 0 fully saturated rings. The Bertz CT molecular complexity index is 1200. The third kappa shape index (κ3) is 4.81. The van der Waals surface area contributed by atoms with Gasteiger partial charge in [-0.3, -0.25) is 9.59 Å². The summed E-state index contributed by atoms with van der Waals surface area (Å²) in [5, 5.41) is 22.6. The van der Waals surface area contributed by atoms with E-state index < -0.39 is 35.4 Å². The highest BCUT2D eigenvalue weighted by molar-refractivity contribution is 6.06. The Balaban J connectivity index is 2.18. The molecule has 0 unspecified atom stereocenters. The molecule has 9 heteroatoms. The van der Waals surface area contributed by atoms with Crippen LogP contribution in [0.1, 0.15) is 41.3 Å². The fourth-order valence-corrected chi connectivity index (χ4v) is 4.15. The van der Waals surface area contributed by atoms with Crippen molar-refractivity contribution >= 4 is 23.7 Å². The molecule has 1 aliphatic heterocycles. The second-order valence-electron chi connectivity index (χ2n) is 8.38. The van der Waals surface area contributed by atoms with E-state index >= 15 is 0 Å². The molecule has 0 spiro atoms. The number of halogens is 2. The molecule has 0 aromatic heterocycles. The lowest BCUT2D eigenvalue weighted by atomic mass is 9.78. The van der Waals surface area contributed by atoms with E-state index in [1.165, 1.54) is 29.2 Å². The first-order valence-electron chi connectivity index (χ1n) is 10.7. The van der Waals surface area contributed by atoms with Gasteiger partial charge in [0, 0.05) is 42.8 Å². The summed E-state index contributed by atoms with van der Waals surface area (Å²) in [5.41, 5.74) is 0.741. The van der Waals surface area contributed by atoms with Crippen molar-refractivity contribution in [3.05, 3.63) is 76.5 Å². The predicted molar refractivity (Wildman–Crippen MR) is 124 cm³/mol. The number of rotatable bonds is 7. The quantitative estimate of drug-likeness (QED) is 0.541. The Morgan fingerprint density at radius 3 is 2.62 bits per heavy atom. The molecule has 1 aliphatic rings. The number of nitrogens with zero attached hydrogens (tertiary/aromatic N) is 2. The van der Waals surface area contributed by atoms with Crippen molar-refractivity contribution in [2.24, 2.45) is 5.92 Å². The van der Waals surface area contributed by atoms with Crippen LogP contribution in [-0.4, -0.2) is 42.6 Å². The van der Waals surface area contributed by atoms with Crippen molar-refractivity contribution in [1.82, 2.24) is 10.2 Å². The van der Waals surface area contributed by atoms with Crippen LogP contribution in [0, 0.1) is 34.3 Å². The molecular formula is C25H25F2N5O2. The zero-order valence-electron chi connectivity index (χ0n) is 19.0. The molecule has 0 aliphatic carbocycles. The van der Waals surface area contributed by atoms with Gasteiger partial charge in [0.15, 0.2) is 0 Å². The number of nitrogens with one attached hydrogen (secondary N) is 3. The maximum absolute atomic E-state index is 14.1. The number of carbonyl (C=O) groups excluding carboxylic acids is 2. The van der Waals surface area contributed by atoms with E-state index in [1.807, 2.05) is 13.8 Å². The Labute approximate surface area is 196 Å². The summed E-state index contributed by atoms with van der Waals surface area (Å²) in [5.74, 6) is -3.27. The van der Waals surface area contributed by atoms with Crippen LogP contribution in [0.3, 0.4) is 0 Å². The van der Waals surface area contributed by atoms with Crippen LogP contribution in [0.2, 0.25) is 0 Å². The predicted octanol–water partition coefficient (Wildman–Crippen LogP) is 3.79. The molecule has 3 rings (SSSR count). The van der Waals surface area contributed by atoms with Gasteiger partial charge in [0.1, 0.15) is 17.7 Å². The number of nitriles is 1. The molecule has 7 nitrogen and oxygen atoms in total. The Morgan fingerprint density at radius 2 is 2.00 bits per heavy atom. The Hall–Kier alpha value is -4.06. The van der Waals surface area contributed by atoms with Crippen LogP contribution in [0.15, 0.2) is 48.2 Å². The molecule has 2 amide bonds. The molecule has 176 valence electrons. The summed E-state index contributed by atoms with van der Waals surface area (Å²) in [6.45, 7) is 4.09. The molecule has 0 saturated heterocycles. The minimum atomic E-state index is -0.996. The zero-order chi connectivity index (χ0) is 25.0. The zero-order valence-corrected chi connectivity index (χ0v) is 19.0. The highest BCUT2D eigenvalue weighted by Gasteiger charge is 2.45.